The van der Waals surface area contributed by atoms with E-state index in [1.54, 1.807) is 0 Å². The Labute approximate surface area is 91.4 Å². The lowest BCUT2D eigenvalue weighted by atomic mass is 9.94. The Morgan fingerprint density at radius 2 is 2.40 bits per heavy atom. The molecule has 4 heteroatoms. The minimum Gasteiger partial charge on any atom is -0.396 e. The summed E-state index contributed by atoms with van der Waals surface area (Å²) in [4.78, 5) is 13.2. The maximum absolute atomic E-state index is 10.9. The molecule has 1 aliphatic rings. The Kier molecular flexibility index (Phi) is 5.05. The zero-order valence-electron chi connectivity index (χ0n) is 9.48. The van der Waals surface area contributed by atoms with Crippen molar-refractivity contribution in [3.8, 4) is 0 Å². The first kappa shape index (κ1) is 12.5. The molecule has 3 N–H and O–H groups in total. The monoisotopic (exact) mass is 214 g/mol. The van der Waals surface area contributed by atoms with Gasteiger partial charge in [0, 0.05) is 25.6 Å². The van der Waals surface area contributed by atoms with Crippen LogP contribution in [-0.2, 0) is 4.79 Å². The van der Waals surface area contributed by atoms with Crippen LogP contribution in [0.5, 0.6) is 0 Å². The molecule has 1 aliphatic heterocycles. The highest BCUT2D eigenvalue weighted by molar-refractivity contribution is 5.76. The van der Waals surface area contributed by atoms with E-state index in [-0.39, 0.29) is 18.4 Å². The van der Waals surface area contributed by atoms with Gasteiger partial charge in [0.1, 0.15) is 0 Å². The standard InChI is InChI=1S/C11H22N2O2/c1-9(11(12)15)7-13-5-2-3-10(8-13)4-6-14/h9-10,14H,2-8H2,1H3,(H2,12,15). The zero-order valence-corrected chi connectivity index (χ0v) is 9.48. The highest BCUT2D eigenvalue weighted by Gasteiger charge is 2.22. The molecule has 0 aromatic carbocycles. The van der Waals surface area contributed by atoms with E-state index < -0.39 is 0 Å². The minimum atomic E-state index is -0.223. The van der Waals surface area contributed by atoms with Gasteiger partial charge in [-0.15, -0.1) is 0 Å². The van der Waals surface area contributed by atoms with Crippen molar-refractivity contribution < 1.29 is 9.90 Å². The Balaban J connectivity index is 2.32. The lowest BCUT2D eigenvalue weighted by molar-refractivity contribution is -0.122. The molecule has 0 radical (unpaired) electrons. The Morgan fingerprint density at radius 1 is 1.67 bits per heavy atom. The number of hydrogen-bond acceptors (Lipinski definition) is 3. The molecule has 1 fully saturated rings. The number of amides is 1. The number of carbonyl (C=O) groups excluding carboxylic acids is 1. The molecule has 1 rings (SSSR count). The number of hydrogen-bond donors (Lipinski definition) is 2. The molecule has 15 heavy (non-hydrogen) atoms. The fourth-order valence-corrected chi connectivity index (χ4v) is 2.21. The average molecular weight is 214 g/mol. The van der Waals surface area contributed by atoms with Crippen molar-refractivity contribution in [1.82, 2.24) is 4.90 Å². The molecule has 0 saturated carbocycles. The number of aliphatic hydroxyl groups is 1. The third-order valence-electron chi connectivity index (χ3n) is 3.16. The Hall–Kier alpha value is -0.610. The molecule has 0 spiro atoms. The molecule has 0 aromatic rings. The van der Waals surface area contributed by atoms with Crippen molar-refractivity contribution in [2.24, 2.45) is 17.6 Å². The van der Waals surface area contributed by atoms with Crippen molar-refractivity contribution in [2.45, 2.75) is 26.2 Å². The Bertz CT molecular complexity index is 207. The summed E-state index contributed by atoms with van der Waals surface area (Å²) in [6.07, 6.45) is 3.24. The van der Waals surface area contributed by atoms with Crippen LogP contribution in [0.4, 0.5) is 0 Å². The number of nitrogens with two attached hydrogens (primary N) is 1. The van der Waals surface area contributed by atoms with Gasteiger partial charge in [-0.2, -0.15) is 0 Å². The van der Waals surface area contributed by atoms with Crippen LogP contribution < -0.4 is 5.73 Å². The molecular weight excluding hydrogens is 192 g/mol. The molecule has 1 amide bonds. The summed E-state index contributed by atoms with van der Waals surface area (Å²) >= 11 is 0. The van der Waals surface area contributed by atoms with E-state index in [0.29, 0.717) is 5.92 Å². The molecule has 0 aromatic heterocycles. The van der Waals surface area contributed by atoms with Gasteiger partial charge in [0.25, 0.3) is 0 Å². The van der Waals surface area contributed by atoms with Crippen LogP contribution in [0.15, 0.2) is 0 Å². The van der Waals surface area contributed by atoms with Crippen LogP contribution in [0.25, 0.3) is 0 Å². The number of carbonyl (C=O) groups is 1. The van der Waals surface area contributed by atoms with Crippen LogP contribution in [0.1, 0.15) is 26.2 Å². The summed E-state index contributed by atoms with van der Waals surface area (Å²) in [5.74, 6) is 0.293. The quantitative estimate of drug-likeness (QED) is 0.687. The Morgan fingerprint density at radius 3 is 3.00 bits per heavy atom. The summed E-state index contributed by atoms with van der Waals surface area (Å²) in [6.45, 7) is 4.96. The number of likely N-dealkylation sites (tertiary alicyclic amines) is 1. The predicted molar refractivity (Wildman–Crippen MR) is 59.2 cm³/mol. The van der Waals surface area contributed by atoms with Gasteiger partial charge in [-0.05, 0) is 31.7 Å². The van der Waals surface area contributed by atoms with Crippen LogP contribution in [0.3, 0.4) is 0 Å². The second-order valence-corrected chi connectivity index (χ2v) is 4.58. The summed E-state index contributed by atoms with van der Waals surface area (Å²) in [7, 11) is 0. The van der Waals surface area contributed by atoms with Gasteiger partial charge >= 0.3 is 0 Å². The second kappa shape index (κ2) is 6.08. The predicted octanol–water partition coefficient (Wildman–Crippen LogP) is 0.202. The molecule has 88 valence electrons. The summed E-state index contributed by atoms with van der Waals surface area (Å²) in [5.41, 5.74) is 5.24. The molecule has 0 aliphatic carbocycles. The third kappa shape index (κ3) is 4.18. The van der Waals surface area contributed by atoms with Crippen molar-refractivity contribution >= 4 is 5.91 Å². The van der Waals surface area contributed by atoms with Gasteiger partial charge in [-0.25, -0.2) is 0 Å². The summed E-state index contributed by atoms with van der Waals surface area (Å²) < 4.78 is 0. The van der Waals surface area contributed by atoms with Gasteiger partial charge < -0.3 is 15.7 Å². The maximum atomic E-state index is 10.9. The minimum absolute atomic E-state index is 0.0714. The normalized spacial score (nSPS) is 25.1. The number of primary amides is 1. The first-order valence-corrected chi connectivity index (χ1v) is 5.76. The topological polar surface area (TPSA) is 66.6 Å². The average Bonchev–Trinajstić information content (AvgIpc) is 2.18. The van der Waals surface area contributed by atoms with Crippen LogP contribution in [-0.4, -0.2) is 42.2 Å². The van der Waals surface area contributed by atoms with Gasteiger partial charge in [-0.3, -0.25) is 4.79 Å². The highest BCUT2D eigenvalue weighted by Crippen LogP contribution is 2.19. The van der Waals surface area contributed by atoms with Crippen molar-refractivity contribution in [1.29, 1.82) is 0 Å². The number of nitrogens with zero attached hydrogens (tertiary/aromatic N) is 1. The molecule has 2 unspecified atom stereocenters. The zero-order chi connectivity index (χ0) is 11.3. The first-order valence-electron chi connectivity index (χ1n) is 5.76. The van der Waals surface area contributed by atoms with E-state index in [0.717, 1.165) is 32.5 Å². The second-order valence-electron chi connectivity index (χ2n) is 4.58. The van der Waals surface area contributed by atoms with Gasteiger partial charge in [0.05, 0.1) is 0 Å². The van der Waals surface area contributed by atoms with Crippen molar-refractivity contribution in [3.63, 3.8) is 0 Å². The van der Waals surface area contributed by atoms with E-state index in [4.69, 9.17) is 10.8 Å². The number of piperidine rings is 1. The fourth-order valence-electron chi connectivity index (χ4n) is 2.21. The smallest absolute Gasteiger partial charge is 0.221 e. The van der Waals surface area contributed by atoms with Gasteiger partial charge in [-0.1, -0.05) is 6.92 Å². The van der Waals surface area contributed by atoms with E-state index in [1.165, 1.54) is 6.42 Å². The largest absolute Gasteiger partial charge is 0.396 e. The maximum Gasteiger partial charge on any atom is 0.221 e. The SMILES string of the molecule is CC(CN1CCCC(CCO)C1)C(N)=O. The fraction of sp³-hybridized carbons (Fsp3) is 0.909. The van der Waals surface area contributed by atoms with Gasteiger partial charge in [0.2, 0.25) is 5.91 Å². The molecule has 4 nitrogen and oxygen atoms in total. The lowest BCUT2D eigenvalue weighted by Gasteiger charge is -2.33. The molecule has 1 saturated heterocycles. The summed E-state index contributed by atoms with van der Waals surface area (Å²) in [6, 6.07) is 0. The highest BCUT2D eigenvalue weighted by atomic mass is 16.3. The van der Waals surface area contributed by atoms with E-state index in [2.05, 4.69) is 4.90 Å². The first-order chi connectivity index (χ1) is 7.13. The molecule has 1 heterocycles. The van der Waals surface area contributed by atoms with Crippen LogP contribution in [0.2, 0.25) is 0 Å². The van der Waals surface area contributed by atoms with Crippen molar-refractivity contribution in [3.05, 3.63) is 0 Å². The van der Waals surface area contributed by atoms with Gasteiger partial charge in [0.15, 0.2) is 0 Å². The van der Waals surface area contributed by atoms with E-state index >= 15 is 0 Å². The third-order valence-corrected chi connectivity index (χ3v) is 3.16. The van der Waals surface area contributed by atoms with Crippen LogP contribution >= 0.6 is 0 Å². The van der Waals surface area contributed by atoms with E-state index in [9.17, 15) is 4.79 Å². The molecular formula is C11H22N2O2. The number of aliphatic hydroxyl groups excluding tert-OH is 1. The number of rotatable bonds is 5. The van der Waals surface area contributed by atoms with Crippen molar-refractivity contribution in [2.75, 3.05) is 26.2 Å². The van der Waals surface area contributed by atoms with E-state index in [1.807, 2.05) is 6.92 Å². The van der Waals surface area contributed by atoms with Crippen LogP contribution in [0, 0.1) is 11.8 Å². The molecule has 0 bridgehead atoms. The summed E-state index contributed by atoms with van der Waals surface area (Å²) in [5, 5.41) is 8.88. The lowest BCUT2D eigenvalue weighted by Crippen LogP contribution is -2.41. The molecule has 2 atom stereocenters.